The topological polar surface area (TPSA) is 89.3 Å². The molecule has 0 aromatic carbocycles. The number of aliphatic carboxylic acids is 1. The third kappa shape index (κ3) is 9.30. The molecule has 0 amide bonds. The summed E-state index contributed by atoms with van der Waals surface area (Å²) in [5.74, 6) is -1.07. The summed E-state index contributed by atoms with van der Waals surface area (Å²) in [5, 5.41) is 17.1. The minimum atomic E-state index is -1.07. The van der Waals surface area contributed by atoms with Gasteiger partial charge in [0.15, 0.2) is 0 Å². The zero-order chi connectivity index (χ0) is 15.4. The third-order valence-electron chi connectivity index (χ3n) is 3.36. The molecular formula is C13H24ClN3O2Pt-3. The van der Waals surface area contributed by atoms with E-state index in [1.54, 1.807) is 18.8 Å². The van der Waals surface area contributed by atoms with E-state index in [0.29, 0.717) is 12.1 Å². The van der Waals surface area contributed by atoms with Crippen LogP contribution in [0.2, 0.25) is 0 Å². The second kappa shape index (κ2) is 13.0. The second-order valence-electron chi connectivity index (χ2n) is 5.00. The predicted octanol–water partition coefficient (Wildman–Crippen LogP) is 4.04. The Labute approximate surface area is 137 Å². The molecule has 0 radical (unpaired) electrons. The average molecular weight is 485 g/mol. The molecule has 0 spiro atoms. The number of carboxylic acid groups (broad SMARTS) is 1. The first-order chi connectivity index (χ1) is 9.61. The summed E-state index contributed by atoms with van der Waals surface area (Å²) in [6.07, 6.45) is 7.97. The Hall–Kier alpha value is 0.328. The molecule has 0 aliphatic carbocycles. The van der Waals surface area contributed by atoms with Crippen LogP contribution in [0.3, 0.4) is 0 Å². The zero-order valence-electron chi connectivity index (χ0n) is 11.8. The molecule has 123 valence electrons. The first kappa shape index (κ1) is 20.3. The van der Waals surface area contributed by atoms with Crippen LogP contribution >= 0.6 is 9.42 Å². The number of carboxylic acids is 1. The molecule has 2 heterocycles. The van der Waals surface area contributed by atoms with Crippen LogP contribution in [0.25, 0.3) is 16.4 Å². The molecule has 2 aliphatic rings. The van der Waals surface area contributed by atoms with E-state index in [9.17, 15) is 4.79 Å². The fraction of sp³-hybridized carbons (Fsp3) is 0.923. The molecular weight excluding hydrogens is 461 g/mol. The van der Waals surface area contributed by atoms with Crippen LogP contribution in [0, 0.1) is 0 Å². The van der Waals surface area contributed by atoms with Gasteiger partial charge in [-0.05, 0) is 6.04 Å². The quantitative estimate of drug-likeness (QED) is 0.641. The Morgan fingerprint density at radius 2 is 1.50 bits per heavy atom. The van der Waals surface area contributed by atoms with Crippen LogP contribution in [0.1, 0.15) is 45.4 Å². The normalized spacial score (nSPS) is 27.2. The standard InChI is InChI=1S/C10H18N2.C3H6NO2.ClH.Pt/c1-3-7-11-9(5-1)10-6-2-4-8-12-10;1-2(4)3(5)6;;/h9-10H,1-8H2;2,4H,1H3,(H,5,6);1H;/q-2;-1;;+1/p-1. The van der Waals surface area contributed by atoms with E-state index in [-0.39, 0.29) is 0 Å². The molecule has 0 saturated carbocycles. The molecule has 2 saturated heterocycles. The van der Waals surface area contributed by atoms with Crippen molar-refractivity contribution in [1.82, 2.24) is 0 Å². The molecule has 2 aliphatic heterocycles. The molecule has 0 bridgehead atoms. The van der Waals surface area contributed by atoms with Crippen molar-refractivity contribution in [3.63, 3.8) is 0 Å². The van der Waals surface area contributed by atoms with Gasteiger partial charge in [0.1, 0.15) is 0 Å². The summed E-state index contributed by atoms with van der Waals surface area (Å²) >= 11 is 1.61. The molecule has 2 N–H and O–H groups in total. The van der Waals surface area contributed by atoms with Crippen molar-refractivity contribution in [2.45, 2.75) is 63.6 Å². The Morgan fingerprint density at radius 3 is 1.70 bits per heavy atom. The van der Waals surface area contributed by atoms with Crippen LogP contribution in [0.15, 0.2) is 0 Å². The average Bonchev–Trinajstić information content (AvgIpc) is 2.51. The summed E-state index contributed by atoms with van der Waals surface area (Å²) in [6, 6.07) is 0.211. The summed E-state index contributed by atoms with van der Waals surface area (Å²) in [5.41, 5.74) is 6.43. The van der Waals surface area contributed by atoms with E-state index < -0.39 is 12.0 Å². The van der Waals surface area contributed by atoms with Gasteiger partial charge in [0, 0.05) is 0 Å². The Balaban J connectivity index is 0.000000387. The fourth-order valence-electron chi connectivity index (χ4n) is 2.26. The second-order valence-corrected chi connectivity index (χ2v) is 5.00. The van der Waals surface area contributed by atoms with Gasteiger partial charge in [0.2, 0.25) is 0 Å². The first-order valence-electron chi connectivity index (χ1n) is 7.00. The zero-order valence-corrected chi connectivity index (χ0v) is 14.9. The predicted molar refractivity (Wildman–Crippen MR) is 79.0 cm³/mol. The van der Waals surface area contributed by atoms with E-state index in [2.05, 4.69) is 20.1 Å². The van der Waals surface area contributed by atoms with E-state index in [4.69, 9.17) is 10.8 Å². The molecule has 0 aromatic rings. The van der Waals surface area contributed by atoms with E-state index in [0.717, 1.165) is 13.1 Å². The minimum absolute atomic E-state index is 0.596. The van der Waals surface area contributed by atoms with Gasteiger partial charge in [-0.3, -0.25) is 4.79 Å². The van der Waals surface area contributed by atoms with Gasteiger partial charge in [-0.15, -0.1) is 13.1 Å². The molecule has 2 rings (SSSR count). The van der Waals surface area contributed by atoms with Crippen molar-refractivity contribution >= 4 is 15.4 Å². The maximum absolute atomic E-state index is 9.51. The van der Waals surface area contributed by atoms with Crippen LogP contribution < -0.4 is 0 Å². The van der Waals surface area contributed by atoms with Crippen molar-refractivity contribution in [2.24, 2.45) is 0 Å². The summed E-state index contributed by atoms with van der Waals surface area (Å²) in [7, 11) is 4.61. The van der Waals surface area contributed by atoms with Crippen LogP contribution in [-0.4, -0.2) is 42.3 Å². The molecule has 20 heavy (non-hydrogen) atoms. The number of carbonyl (C=O) groups is 1. The summed E-state index contributed by atoms with van der Waals surface area (Å²) in [4.78, 5) is 9.51. The van der Waals surface area contributed by atoms with Crippen molar-refractivity contribution in [1.29, 1.82) is 0 Å². The Bertz CT molecular complexity index is 230. The summed E-state index contributed by atoms with van der Waals surface area (Å²) in [6.45, 7) is 3.50. The number of halogens is 1. The first-order valence-corrected chi connectivity index (χ1v) is 9.82. The van der Waals surface area contributed by atoms with Gasteiger partial charge in [-0.25, -0.2) is 0 Å². The van der Waals surface area contributed by atoms with Gasteiger partial charge in [-0.1, -0.05) is 45.4 Å². The molecule has 3 unspecified atom stereocenters. The number of nitrogens with one attached hydrogen (secondary N) is 1. The molecule has 0 aromatic heterocycles. The number of rotatable bonds is 2. The van der Waals surface area contributed by atoms with E-state index in [1.807, 2.05) is 0 Å². The molecule has 7 heteroatoms. The van der Waals surface area contributed by atoms with Crippen LogP contribution in [0.5, 0.6) is 0 Å². The monoisotopic (exact) mass is 484 g/mol. The van der Waals surface area contributed by atoms with E-state index in [1.165, 1.54) is 45.4 Å². The molecule has 3 atom stereocenters. The number of piperidine rings is 2. The summed E-state index contributed by atoms with van der Waals surface area (Å²) < 4.78 is 0. The SMILES string of the molecule is C1CCC(C2CCCC[N-]2)[N-]C1.CC([NH-])C(=O)O.[Cl][Pt]. The van der Waals surface area contributed by atoms with Gasteiger partial charge in [0.05, 0.1) is 0 Å². The van der Waals surface area contributed by atoms with Gasteiger partial charge < -0.3 is 21.5 Å². The van der Waals surface area contributed by atoms with Crippen molar-refractivity contribution < 1.29 is 28.7 Å². The Kier molecular flexibility index (Phi) is 13.2. The van der Waals surface area contributed by atoms with E-state index >= 15 is 0 Å². The number of hydrogen-bond acceptors (Lipinski definition) is 1. The van der Waals surface area contributed by atoms with Gasteiger partial charge in [-0.2, -0.15) is 12.1 Å². The molecule has 5 nitrogen and oxygen atoms in total. The van der Waals surface area contributed by atoms with Crippen LogP contribution in [0.4, 0.5) is 0 Å². The van der Waals surface area contributed by atoms with Crippen molar-refractivity contribution in [3.05, 3.63) is 16.4 Å². The third-order valence-corrected chi connectivity index (χ3v) is 3.36. The maximum atomic E-state index is 9.51. The van der Waals surface area contributed by atoms with Crippen molar-refractivity contribution in [3.8, 4) is 0 Å². The van der Waals surface area contributed by atoms with Gasteiger partial charge >= 0.3 is 28.2 Å². The number of hydrogen-bond donors (Lipinski definition) is 1. The van der Waals surface area contributed by atoms with Crippen LogP contribution in [-0.2, 0) is 23.6 Å². The molecule has 2 fully saturated rings. The van der Waals surface area contributed by atoms with Gasteiger partial charge in [0.25, 0.3) is 5.97 Å². The van der Waals surface area contributed by atoms with Crippen molar-refractivity contribution in [2.75, 3.05) is 13.1 Å². The fourth-order valence-corrected chi connectivity index (χ4v) is 2.26. The number of nitrogens with zero attached hydrogens (tertiary/aromatic N) is 2. The Morgan fingerprint density at radius 1 is 1.15 bits per heavy atom.